The molecule has 1 rings (SSSR count). The minimum atomic E-state index is -0.0642. The van der Waals surface area contributed by atoms with Gasteiger partial charge in [0.1, 0.15) is 6.61 Å². The van der Waals surface area contributed by atoms with Gasteiger partial charge in [0, 0.05) is 0 Å². The molecule has 1 aliphatic rings. The van der Waals surface area contributed by atoms with Gasteiger partial charge in [-0.05, 0) is 18.1 Å². The molecule has 0 unspecified atom stereocenters. The summed E-state index contributed by atoms with van der Waals surface area (Å²) in [6.45, 7) is 8.77. The maximum atomic E-state index is 11.4. The molecule has 0 aromatic heterocycles. The van der Waals surface area contributed by atoms with Crippen molar-refractivity contribution < 1.29 is 9.53 Å². The fourth-order valence-corrected chi connectivity index (χ4v) is 3.39. The highest BCUT2D eigenvalue weighted by atomic mass is 32.2. The summed E-state index contributed by atoms with van der Waals surface area (Å²) in [6, 6.07) is 0. The van der Waals surface area contributed by atoms with Gasteiger partial charge in [0.05, 0.1) is 10.7 Å². The summed E-state index contributed by atoms with van der Waals surface area (Å²) in [5.41, 5.74) is 0. The Kier molecular flexibility index (Phi) is 4.50. The molecule has 0 aliphatic heterocycles. The molecule has 1 saturated carbocycles. The second kappa shape index (κ2) is 5.24. The van der Waals surface area contributed by atoms with Crippen LogP contribution in [0, 0.1) is 5.92 Å². The summed E-state index contributed by atoms with van der Waals surface area (Å²) in [6.07, 6.45) is 3.67. The molecule has 1 aliphatic carbocycles. The Morgan fingerprint density at radius 1 is 1.33 bits per heavy atom. The van der Waals surface area contributed by atoms with Gasteiger partial charge in [-0.2, -0.15) is 0 Å². The zero-order valence-corrected chi connectivity index (χ0v) is 11.0. The molecule has 0 radical (unpaired) electrons. The molecule has 1 fully saturated rings. The largest absolute Gasteiger partial charge is 0.464 e. The number of rotatable bonds is 5. The Hall–Kier alpha value is -0.180. The fourth-order valence-electron chi connectivity index (χ4n) is 1.74. The predicted molar refractivity (Wildman–Crippen MR) is 65.1 cm³/mol. The number of esters is 1. The number of ether oxygens (including phenoxy) is 1. The number of thioether (sulfide) groups is 1. The highest BCUT2D eigenvalue weighted by molar-refractivity contribution is 8.01. The van der Waals surface area contributed by atoms with E-state index in [4.69, 9.17) is 4.74 Å². The van der Waals surface area contributed by atoms with E-state index < -0.39 is 0 Å². The molecule has 0 aromatic carbocycles. The first-order valence-corrected chi connectivity index (χ1v) is 6.68. The maximum Gasteiger partial charge on any atom is 0.308 e. The van der Waals surface area contributed by atoms with E-state index in [1.807, 2.05) is 25.6 Å². The topological polar surface area (TPSA) is 26.3 Å². The van der Waals surface area contributed by atoms with E-state index in [-0.39, 0.29) is 16.6 Å². The van der Waals surface area contributed by atoms with Crippen LogP contribution in [0.4, 0.5) is 0 Å². The normalized spacial score (nSPS) is 19.1. The van der Waals surface area contributed by atoms with Crippen LogP contribution >= 0.6 is 11.8 Å². The lowest BCUT2D eigenvalue weighted by molar-refractivity contribution is -0.148. The van der Waals surface area contributed by atoms with E-state index >= 15 is 0 Å². The van der Waals surface area contributed by atoms with Crippen LogP contribution in [0.25, 0.3) is 0 Å². The third kappa shape index (κ3) is 3.71. The summed E-state index contributed by atoms with van der Waals surface area (Å²) in [5.74, 6) is -0.0724. The van der Waals surface area contributed by atoms with Crippen LogP contribution < -0.4 is 0 Å². The molecule has 0 N–H and O–H groups in total. The Labute approximate surface area is 97.1 Å². The Morgan fingerprint density at radius 3 is 2.27 bits per heavy atom. The standard InChI is InChI=1S/C12H22O2S/c1-9(2)11(13)14-8-12(6-5-7-12)15-10(3)4/h9-10H,5-8H2,1-4H3. The van der Waals surface area contributed by atoms with Crippen molar-refractivity contribution in [1.29, 1.82) is 0 Å². The SMILES string of the molecule is CC(C)SC1(COC(=O)C(C)C)CCC1. The van der Waals surface area contributed by atoms with E-state index in [0.717, 1.165) is 0 Å². The van der Waals surface area contributed by atoms with Gasteiger partial charge in [0.15, 0.2) is 0 Å². The van der Waals surface area contributed by atoms with E-state index in [2.05, 4.69) is 13.8 Å². The van der Waals surface area contributed by atoms with Crippen molar-refractivity contribution in [3.05, 3.63) is 0 Å². The van der Waals surface area contributed by atoms with Gasteiger partial charge in [0.25, 0.3) is 0 Å². The molecule has 0 amide bonds. The van der Waals surface area contributed by atoms with Gasteiger partial charge in [0.2, 0.25) is 0 Å². The maximum absolute atomic E-state index is 11.4. The van der Waals surface area contributed by atoms with Crippen molar-refractivity contribution in [3.63, 3.8) is 0 Å². The Morgan fingerprint density at radius 2 is 1.93 bits per heavy atom. The quantitative estimate of drug-likeness (QED) is 0.678. The molecule has 0 saturated heterocycles. The van der Waals surface area contributed by atoms with Crippen molar-refractivity contribution in [1.82, 2.24) is 0 Å². The van der Waals surface area contributed by atoms with Crippen LogP contribution in [0.2, 0.25) is 0 Å². The van der Waals surface area contributed by atoms with E-state index in [9.17, 15) is 4.79 Å². The number of carbonyl (C=O) groups is 1. The summed E-state index contributed by atoms with van der Waals surface area (Å²) in [4.78, 5) is 11.4. The molecular formula is C12H22O2S. The summed E-state index contributed by atoms with van der Waals surface area (Å²) in [5, 5.41) is 0.614. The van der Waals surface area contributed by atoms with E-state index in [1.54, 1.807) is 0 Å². The molecule has 2 nitrogen and oxygen atoms in total. The van der Waals surface area contributed by atoms with Crippen LogP contribution in [0.3, 0.4) is 0 Å². The molecule has 0 heterocycles. The Balaban J connectivity index is 2.37. The fraction of sp³-hybridized carbons (Fsp3) is 0.917. The van der Waals surface area contributed by atoms with Crippen molar-refractivity contribution in [2.75, 3.05) is 6.61 Å². The van der Waals surface area contributed by atoms with E-state index in [1.165, 1.54) is 19.3 Å². The lowest BCUT2D eigenvalue weighted by atomic mass is 9.85. The van der Waals surface area contributed by atoms with Crippen LogP contribution in [-0.4, -0.2) is 22.6 Å². The smallest absolute Gasteiger partial charge is 0.308 e. The highest BCUT2D eigenvalue weighted by Crippen LogP contribution is 2.46. The molecule has 0 atom stereocenters. The Bertz CT molecular complexity index is 220. The van der Waals surface area contributed by atoms with Gasteiger partial charge in [-0.1, -0.05) is 34.1 Å². The average molecular weight is 230 g/mol. The van der Waals surface area contributed by atoms with Gasteiger partial charge in [-0.25, -0.2) is 0 Å². The lowest BCUT2D eigenvalue weighted by Gasteiger charge is -2.41. The molecular weight excluding hydrogens is 208 g/mol. The first kappa shape index (κ1) is 12.9. The lowest BCUT2D eigenvalue weighted by Crippen LogP contribution is -2.40. The summed E-state index contributed by atoms with van der Waals surface area (Å²) >= 11 is 1.97. The van der Waals surface area contributed by atoms with E-state index in [0.29, 0.717) is 11.9 Å². The molecule has 0 aromatic rings. The van der Waals surface area contributed by atoms with Crippen LogP contribution in [0.5, 0.6) is 0 Å². The third-order valence-corrected chi connectivity index (χ3v) is 4.20. The zero-order chi connectivity index (χ0) is 11.5. The molecule has 88 valence electrons. The van der Waals surface area contributed by atoms with Crippen molar-refractivity contribution >= 4 is 17.7 Å². The minimum absolute atomic E-state index is 0.00817. The highest BCUT2D eigenvalue weighted by Gasteiger charge is 2.39. The molecule has 0 bridgehead atoms. The number of carbonyl (C=O) groups excluding carboxylic acids is 1. The first-order valence-electron chi connectivity index (χ1n) is 5.80. The second-order valence-corrected chi connectivity index (χ2v) is 7.01. The summed E-state index contributed by atoms with van der Waals surface area (Å²) in [7, 11) is 0. The monoisotopic (exact) mass is 230 g/mol. The number of hydrogen-bond donors (Lipinski definition) is 0. The van der Waals surface area contributed by atoms with Gasteiger partial charge >= 0.3 is 5.97 Å². The molecule has 15 heavy (non-hydrogen) atoms. The molecule has 3 heteroatoms. The zero-order valence-electron chi connectivity index (χ0n) is 10.2. The summed E-state index contributed by atoms with van der Waals surface area (Å²) < 4.78 is 5.59. The third-order valence-electron chi connectivity index (χ3n) is 2.70. The van der Waals surface area contributed by atoms with Crippen molar-refractivity contribution in [2.45, 2.75) is 57.0 Å². The van der Waals surface area contributed by atoms with Crippen LogP contribution in [-0.2, 0) is 9.53 Å². The minimum Gasteiger partial charge on any atom is -0.464 e. The average Bonchev–Trinajstić information content (AvgIpc) is 2.08. The van der Waals surface area contributed by atoms with Crippen LogP contribution in [0.15, 0.2) is 0 Å². The molecule has 0 spiro atoms. The van der Waals surface area contributed by atoms with Gasteiger partial charge in [-0.15, -0.1) is 11.8 Å². The van der Waals surface area contributed by atoms with Gasteiger partial charge in [-0.3, -0.25) is 4.79 Å². The van der Waals surface area contributed by atoms with Crippen LogP contribution in [0.1, 0.15) is 47.0 Å². The second-order valence-electron chi connectivity index (χ2n) is 4.97. The van der Waals surface area contributed by atoms with Crippen molar-refractivity contribution in [3.8, 4) is 0 Å². The van der Waals surface area contributed by atoms with Crippen molar-refractivity contribution in [2.24, 2.45) is 5.92 Å². The first-order chi connectivity index (χ1) is 6.95. The predicted octanol–water partition coefficient (Wildman–Crippen LogP) is 3.25. The number of hydrogen-bond acceptors (Lipinski definition) is 3. The van der Waals surface area contributed by atoms with Gasteiger partial charge < -0.3 is 4.74 Å².